The molecule has 0 radical (unpaired) electrons. The van der Waals surface area contributed by atoms with Gasteiger partial charge < -0.3 is 5.32 Å². The van der Waals surface area contributed by atoms with Crippen molar-refractivity contribution in [2.75, 3.05) is 32.7 Å². The number of hydrogen-bond acceptors (Lipinski definition) is 3. The number of likely N-dealkylation sites (tertiary alicyclic amines) is 2. The number of amides is 1. The zero-order valence-corrected chi connectivity index (χ0v) is 14.9. The van der Waals surface area contributed by atoms with Crippen molar-refractivity contribution in [3.8, 4) is 0 Å². The Bertz CT molecular complexity index is 511. The van der Waals surface area contributed by atoms with E-state index in [4.69, 9.17) is 0 Å². The van der Waals surface area contributed by atoms with Gasteiger partial charge >= 0.3 is 0 Å². The summed E-state index contributed by atoms with van der Waals surface area (Å²) in [6.07, 6.45) is 4.67. The second-order valence-corrected chi connectivity index (χ2v) is 7.22. The highest BCUT2D eigenvalue weighted by Gasteiger charge is 2.31. The Labute approximate surface area is 146 Å². The highest BCUT2D eigenvalue weighted by Crippen LogP contribution is 2.24. The third-order valence-corrected chi connectivity index (χ3v) is 5.50. The molecule has 2 fully saturated rings. The van der Waals surface area contributed by atoms with Crippen LogP contribution in [0, 0.1) is 5.92 Å². The number of nitrogens with one attached hydrogen (secondary N) is 1. The molecule has 2 aliphatic rings. The quantitative estimate of drug-likeness (QED) is 0.901. The summed E-state index contributed by atoms with van der Waals surface area (Å²) in [6, 6.07) is 11.4. The molecule has 132 valence electrons. The molecule has 0 aromatic heterocycles. The van der Waals surface area contributed by atoms with Gasteiger partial charge in [0, 0.05) is 25.7 Å². The first kappa shape index (κ1) is 17.4. The first-order valence-electron chi connectivity index (χ1n) is 9.54. The normalized spacial score (nSPS) is 24.0. The minimum atomic E-state index is 0.195. The Hall–Kier alpha value is -1.39. The molecular weight excluding hydrogens is 298 g/mol. The van der Waals surface area contributed by atoms with Crippen molar-refractivity contribution in [2.45, 2.75) is 45.2 Å². The standard InChI is InChI=1S/C20H31N3O/c1-2-21-20(24)18-9-6-12-23(16-18)19-10-13-22(14-11-19)15-17-7-4-3-5-8-17/h3-5,7-8,18-19H,2,6,9-16H2,1H3,(H,21,24). The number of carbonyl (C=O) groups is 1. The van der Waals surface area contributed by atoms with Crippen molar-refractivity contribution in [3.63, 3.8) is 0 Å². The lowest BCUT2D eigenvalue weighted by Crippen LogP contribution is -2.50. The summed E-state index contributed by atoms with van der Waals surface area (Å²) >= 11 is 0. The summed E-state index contributed by atoms with van der Waals surface area (Å²) in [5.74, 6) is 0.449. The molecular formula is C20H31N3O. The molecule has 0 spiro atoms. The van der Waals surface area contributed by atoms with Crippen LogP contribution in [0.5, 0.6) is 0 Å². The lowest BCUT2D eigenvalue weighted by molar-refractivity contribution is -0.127. The Morgan fingerprint density at radius 2 is 1.88 bits per heavy atom. The Morgan fingerprint density at radius 3 is 2.58 bits per heavy atom. The fraction of sp³-hybridized carbons (Fsp3) is 0.650. The average Bonchev–Trinajstić information content (AvgIpc) is 2.63. The second kappa shape index (κ2) is 8.63. The molecule has 1 unspecified atom stereocenters. The molecule has 4 heteroatoms. The lowest BCUT2D eigenvalue weighted by Gasteiger charge is -2.42. The van der Waals surface area contributed by atoms with E-state index in [1.807, 2.05) is 6.92 Å². The van der Waals surface area contributed by atoms with Crippen LogP contribution < -0.4 is 5.32 Å². The highest BCUT2D eigenvalue weighted by atomic mass is 16.1. The molecule has 1 amide bonds. The van der Waals surface area contributed by atoms with Gasteiger partial charge in [0.15, 0.2) is 0 Å². The second-order valence-electron chi connectivity index (χ2n) is 7.22. The number of rotatable bonds is 5. The largest absolute Gasteiger partial charge is 0.356 e. The van der Waals surface area contributed by atoms with Crippen LogP contribution in [0.1, 0.15) is 38.2 Å². The fourth-order valence-electron chi connectivity index (χ4n) is 4.15. The average molecular weight is 329 g/mol. The molecule has 1 aromatic carbocycles. The number of hydrogen-bond donors (Lipinski definition) is 1. The molecule has 1 atom stereocenters. The van der Waals surface area contributed by atoms with Crippen LogP contribution in [-0.4, -0.2) is 54.5 Å². The molecule has 3 rings (SSSR count). The van der Waals surface area contributed by atoms with E-state index in [2.05, 4.69) is 45.4 Å². The van der Waals surface area contributed by atoms with Gasteiger partial charge in [0.25, 0.3) is 0 Å². The third-order valence-electron chi connectivity index (χ3n) is 5.50. The van der Waals surface area contributed by atoms with E-state index in [0.717, 1.165) is 32.5 Å². The molecule has 2 saturated heterocycles. The first-order chi connectivity index (χ1) is 11.8. The van der Waals surface area contributed by atoms with Crippen LogP contribution >= 0.6 is 0 Å². The van der Waals surface area contributed by atoms with Crippen LogP contribution in [0.25, 0.3) is 0 Å². The predicted octanol–water partition coefficient (Wildman–Crippen LogP) is 2.50. The Balaban J connectivity index is 1.46. The predicted molar refractivity (Wildman–Crippen MR) is 97.7 cm³/mol. The van der Waals surface area contributed by atoms with Gasteiger partial charge in [-0.05, 0) is 57.8 Å². The zero-order chi connectivity index (χ0) is 16.8. The number of carbonyl (C=O) groups excluding carboxylic acids is 1. The van der Waals surface area contributed by atoms with Gasteiger partial charge in [-0.2, -0.15) is 0 Å². The van der Waals surface area contributed by atoms with E-state index in [1.54, 1.807) is 0 Å². The highest BCUT2D eigenvalue weighted by molar-refractivity contribution is 5.78. The monoisotopic (exact) mass is 329 g/mol. The molecule has 1 N–H and O–H groups in total. The van der Waals surface area contributed by atoms with Crippen molar-refractivity contribution in [1.82, 2.24) is 15.1 Å². The summed E-state index contributed by atoms with van der Waals surface area (Å²) < 4.78 is 0. The van der Waals surface area contributed by atoms with Crippen LogP contribution in [0.2, 0.25) is 0 Å². The van der Waals surface area contributed by atoms with Crippen LogP contribution in [0.15, 0.2) is 30.3 Å². The molecule has 1 aromatic rings. The van der Waals surface area contributed by atoms with Crippen molar-refractivity contribution in [3.05, 3.63) is 35.9 Å². The molecule has 0 saturated carbocycles. The summed E-state index contributed by atoms with van der Waals surface area (Å²) in [7, 11) is 0. The number of nitrogens with zero attached hydrogens (tertiary/aromatic N) is 2. The maximum absolute atomic E-state index is 12.1. The molecule has 24 heavy (non-hydrogen) atoms. The summed E-state index contributed by atoms with van der Waals surface area (Å²) in [6.45, 7) is 8.27. The van der Waals surface area contributed by atoms with Crippen LogP contribution in [0.4, 0.5) is 0 Å². The Kier molecular flexibility index (Phi) is 6.27. The molecule has 0 bridgehead atoms. The molecule has 0 aliphatic carbocycles. The molecule has 2 heterocycles. The minimum absolute atomic E-state index is 0.195. The van der Waals surface area contributed by atoms with E-state index in [1.165, 1.54) is 38.0 Å². The number of benzene rings is 1. The maximum atomic E-state index is 12.1. The summed E-state index contributed by atoms with van der Waals surface area (Å²) in [4.78, 5) is 17.3. The van der Waals surface area contributed by atoms with Crippen molar-refractivity contribution >= 4 is 5.91 Å². The van der Waals surface area contributed by atoms with Crippen molar-refractivity contribution < 1.29 is 4.79 Å². The van der Waals surface area contributed by atoms with Gasteiger partial charge in [0.1, 0.15) is 0 Å². The fourth-order valence-corrected chi connectivity index (χ4v) is 4.15. The molecule has 4 nitrogen and oxygen atoms in total. The van der Waals surface area contributed by atoms with Crippen LogP contribution in [-0.2, 0) is 11.3 Å². The first-order valence-corrected chi connectivity index (χ1v) is 9.54. The summed E-state index contributed by atoms with van der Waals surface area (Å²) in [5, 5.41) is 3.00. The van der Waals surface area contributed by atoms with Gasteiger partial charge in [-0.3, -0.25) is 14.6 Å². The SMILES string of the molecule is CCNC(=O)C1CCCN(C2CCN(Cc3ccccc3)CC2)C1. The lowest BCUT2D eigenvalue weighted by atomic mass is 9.93. The topological polar surface area (TPSA) is 35.6 Å². The van der Waals surface area contributed by atoms with Gasteiger partial charge in [-0.15, -0.1) is 0 Å². The minimum Gasteiger partial charge on any atom is -0.356 e. The van der Waals surface area contributed by atoms with Gasteiger partial charge in [0.05, 0.1) is 5.92 Å². The maximum Gasteiger partial charge on any atom is 0.224 e. The van der Waals surface area contributed by atoms with Gasteiger partial charge in [0.2, 0.25) is 5.91 Å². The van der Waals surface area contributed by atoms with E-state index < -0.39 is 0 Å². The van der Waals surface area contributed by atoms with Gasteiger partial charge in [-0.25, -0.2) is 0 Å². The van der Waals surface area contributed by atoms with Crippen molar-refractivity contribution in [2.24, 2.45) is 5.92 Å². The zero-order valence-electron chi connectivity index (χ0n) is 14.9. The van der Waals surface area contributed by atoms with Crippen LogP contribution in [0.3, 0.4) is 0 Å². The third kappa shape index (κ3) is 4.58. The Morgan fingerprint density at radius 1 is 1.12 bits per heavy atom. The van der Waals surface area contributed by atoms with E-state index in [0.29, 0.717) is 6.04 Å². The summed E-state index contributed by atoms with van der Waals surface area (Å²) in [5.41, 5.74) is 1.41. The van der Waals surface area contributed by atoms with Crippen molar-refractivity contribution in [1.29, 1.82) is 0 Å². The van der Waals surface area contributed by atoms with E-state index in [9.17, 15) is 4.79 Å². The molecule has 2 aliphatic heterocycles. The van der Waals surface area contributed by atoms with Gasteiger partial charge in [-0.1, -0.05) is 30.3 Å². The number of piperidine rings is 2. The van der Waals surface area contributed by atoms with E-state index in [-0.39, 0.29) is 11.8 Å². The van der Waals surface area contributed by atoms with E-state index >= 15 is 0 Å². The smallest absolute Gasteiger partial charge is 0.224 e.